The van der Waals surface area contributed by atoms with Crippen LogP contribution in [0.25, 0.3) is 0 Å². The van der Waals surface area contributed by atoms with Gasteiger partial charge in [-0.15, -0.1) is 0 Å². The quantitative estimate of drug-likeness (QED) is 0.630. The third kappa shape index (κ3) is 6.29. The molecule has 0 rings (SSSR count). The summed E-state index contributed by atoms with van der Waals surface area (Å²) in [6, 6.07) is 0.459. The van der Waals surface area contributed by atoms with E-state index in [1.807, 2.05) is 0 Å². The van der Waals surface area contributed by atoms with Gasteiger partial charge in [0, 0.05) is 12.6 Å². The van der Waals surface area contributed by atoms with E-state index in [0.29, 0.717) is 12.6 Å². The number of alkyl halides is 1. The summed E-state index contributed by atoms with van der Waals surface area (Å²) < 4.78 is 11.7. The summed E-state index contributed by atoms with van der Waals surface area (Å²) in [6.45, 7) is 6.77. The van der Waals surface area contributed by atoms with E-state index in [9.17, 15) is 4.39 Å². The predicted octanol–water partition coefficient (Wildman–Crippen LogP) is 2.37. The molecule has 2 heteroatoms. The van der Waals surface area contributed by atoms with Gasteiger partial charge in [-0.05, 0) is 19.3 Å². The van der Waals surface area contributed by atoms with Crippen molar-refractivity contribution in [2.75, 3.05) is 13.2 Å². The van der Waals surface area contributed by atoms with Crippen molar-refractivity contribution in [1.29, 1.82) is 0 Å². The molecule has 11 heavy (non-hydrogen) atoms. The van der Waals surface area contributed by atoms with Crippen LogP contribution in [0.1, 0.15) is 33.6 Å². The molecule has 0 aromatic rings. The van der Waals surface area contributed by atoms with Crippen molar-refractivity contribution in [2.24, 2.45) is 5.92 Å². The minimum absolute atomic E-state index is 0.259. The molecule has 68 valence electrons. The fourth-order valence-corrected chi connectivity index (χ4v) is 1.15. The first-order valence-electron chi connectivity index (χ1n) is 4.50. The van der Waals surface area contributed by atoms with Gasteiger partial charge in [0.15, 0.2) is 0 Å². The first kappa shape index (κ1) is 10.9. The van der Waals surface area contributed by atoms with Crippen molar-refractivity contribution in [3.63, 3.8) is 0 Å². The number of halogens is 1. The molecule has 2 unspecified atom stereocenters. The average molecular weight is 161 g/mol. The van der Waals surface area contributed by atoms with Crippen LogP contribution in [-0.2, 0) is 0 Å². The lowest BCUT2D eigenvalue weighted by Crippen LogP contribution is -2.29. The zero-order valence-electron chi connectivity index (χ0n) is 7.86. The minimum Gasteiger partial charge on any atom is -0.312 e. The highest BCUT2D eigenvalue weighted by molar-refractivity contribution is 4.63. The van der Waals surface area contributed by atoms with E-state index in [4.69, 9.17) is 0 Å². The molecule has 0 aromatic heterocycles. The Morgan fingerprint density at radius 2 is 2.00 bits per heavy atom. The molecule has 0 aliphatic heterocycles. The van der Waals surface area contributed by atoms with Gasteiger partial charge in [0.1, 0.15) is 6.67 Å². The maximum atomic E-state index is 11.7. The summed E-state index contributed by atoms with van der Waals surface area (Å²) in [5.41, 5.74) is 0. The summed E-state index contributed by atoms with van der Waals surface area (Å²) in [7, 11) is 0. The Kier molecular flexibility index (Phi) is 6.52. The van der Waals surface area contributed by atoms with Gasteiger partial charge in [-0.1, -0.05) is 20.3 Å². The third-order valence-electron chi connectivity index (χ3n) is 2.04. The van der Waals surface area contributed by atoms with Crippen LogP contribution in [0, 0.1) is 5.92 Å². The van der Waals surface area contributed by atoms with Crippen LogP contribution in [-0.4, -0.2) is 19.3 Å². The van der Waals surface area contributed by atoms with Gasteiger partial charge in [0.2, 0.25) is 0 Å². The number of nitrogens with one attached hydrogen (secondary N) is 1. The molecule has 0 radical (unpaired) electrons. The Labute approximate surface area is 69.4 Å². The molecule has 0 spiro atoms. The molecule has 0 saturated carbocycles. The van der Waals surface area contributed by atoms with E-state index in [1.54, 1.807) is 0 Å². The zero-order valence-corrected chi connectivity index (χ0v) is 7.86. The normalized spacial score (nSPS) is 16.4. The molecule has 0 aromatic carbocycles. The van der Waals surface area contributed by atoms with Crippen molar-refractivity contribution in [3.8, 4) is 0 Å². The molecule has 2 atom stereocenters. The fraction of sp³-hybridized carbons (Fsp3) is 1.00. The molecule has 0 amide bonds. The van der Waals surface area contributed by atoms with Crippen LogP contribution in [0.15, 0.2) is 0 Å². The lowest BCUT2D eigenvalue weighted by Gasteiger charge is -2.16. The van der Waals surface area contributed by atoms with Gasteiger partial charge >= 0.3 is 0 Å². The van der Waals surface area contributed by atoms with Crippen LogP contribution in [0.4, 0.5) is 4.39 Å². The SMILES string of the molecule is CCC(C)CC(C)NCCF. The molecule has 0 aliphatic rings. The largest absolute Gasteiger partial charge is 0.312 e. The zero-order chi connectivity index (χ0) is 8.69. The fourth-order valence-electron chi connectivity index (χ4n) is 1.15. The smallest absolute Gasteiger partial charge is 0.102 e. The Bertz CT molecular complexity index is 85.6. The van der Waals surface area contributed by atoms with Gasteiger partial charge in [-0.25, -0.2) is 4.39 Å². The Morgan fingerprint density at radius 3 is 2.45 bits per heavy atom. The molecule has 1 nitrogen and oxygen atoms in total. The highest BCUT2D eigenvalue weighted by atomic mass is 19.1. The van der Waals surface area contributed by atoms with Crippen LogP contribution < -0.4 is 5.32 Å². The average Bonchev–Trinajstić information content (AvgIpc) is 2.00. The molecular weight excluding hydrogens is 141 g/mol. The van der Waals surface area contributed by atoms with Crippen molar-refractivity contribution in [1.82, 2.24) is 5.32 Å². The van der Waals surface area contributed by atoms with Gasteiger partial charge in [0.25, 0.3) is 0 Å². The van der Waals surface area contributed by atoms with E-state index in [1.165, 1.54) is 6.42 Å². The van der Waals surface area contributed by atoms with Crippen molar-refractivity contribution in [3.05, 3.63) is 0 Å². The van der Waals surface area contributed by atoms with Crippen LogP contribution >= 0.6 is 0 Å². The van der Waals surface area contributed by atoms with E-state index >= 15 is 0 Å². The van der Waals surface area contributed by atoms with Crippen LogP contribution in [0.5, 0.6) is 0 Å². The van der Waals surface area contributed by atoms with Crippen molar-refractivity contribution >= 4 is 0 Å². The van der Waals surface area contributed by atoms with Crippen LogP contribution in [0.2, 0.25) is 0 Å². The lowest BCUT2D eigenvalue weighted by molar-refractivity contribution is 0.386. The van der Waals surface area contributed by atoms with E-state index in [0.717, 1.165) is 12.3 Å². The van der Waals surface area contributed by atoms with Crippen LogP contribution in [0.3, 0.4) is 0 Å². The van der Waals surface area contributed by atoms with Crippen molar-refractivity contribution < 1.29 is 4.39 Å². The summed E-state index contributed by atoms with van der Waals surface area (Å²) in [5.74, 6) is 0.747. The topological polar surface area (TPSA) is 12.0 Å². The summed E-state index contributed by atoms with van der Waals surface area (Å²) in [6.07, 6.45) is 2.36. The molecular formula is C9H20FN. The molecule has 0 bridgehead atoms. The molecule has 0 heterocycles. The molecule has 0 fully saturated rings. The maximum Gasteiger partial charge on any atom is 0.102 e. The highest BCUT2D eigenvalue weighted by Gasteiger charge is 2.05. The van der Waals surface area contributed by atoms with Gasteiger partial charge < -0.3 is 5.32 Å². The maximum absolute atomic E-state index is 11.7. The predicted molar refractivity (Wildman–Crippen MR) is 47.5 cm³/mol. The van der Waals surface area contributed by atoms with Crippen molar-refractivity contribution in [2.45, 2.75) is 39.7 Å². The second-order valence-corrected chi connectivity index (χ2v) is 3.29. The number of rotatable bonds is 6. The first-order chi connectivity index (χ1) is 5.20. The van der Waals surface area contributed by atoms with E-state index < -0.39 is 0 Å². The second-order valence-electron chi connectivity index (χ2n) is 3.29. The standard InChI is InChI=1S/C9H20FN/c1-4-8(2)7-9(3)11-6-5-10/h8-9,11H,4-7H2,1-3H3. The van der Waals surface area contributed by atoms with Gasteiger partial charge in [-0.2, -0.15) is 0 Å². The lowest BCUT2D eigenvalue weighted by atomic mass is 10.0. The number of hydrogen-bond donors (Lipinski definition) is 1. The van der Waals surface area contributed by atoms with E-state index in [2.05, 4.69) is 26.1 Å². The monoisotopic (exact) mass is 161 g/mol. The molecule has 0 aliphatic carbocycles. The molecule has 0 saturated heterocycles. The summed E-state index contributed by atoms with van der Waals surface area (Å²) in [5, 5.41) is 3.12. The second kappa shape index (κ2) is 6.59. The Balaban J connectivity index is 3.27. The minimum atomic E-state index is -0.259. The van der Waals surface area contributed by atoms with Gasteiger partial charge in [-0.3, -0.25) is 0 Å². The molecule has 1 N–H and O–H groups in total. The highest BCUT2D eigenvalue weighted by Crippen LogP contribution is 2.08. The van der Waals surface area contributed by atoms with Gasteiger partial charge in [0.05, 0.1) is 0 Å². The summed E-state index contributed by atoms with van der Waals surface area (Å²) >= 11 is 0. The number of hydrogen-bond acceptors (Lipinski definition) is 1. The van der Waals surface area contributed by atoms with E-state index in [-0.39, 0.29) is 6.67 Å². The first-order valence-corrected chi connectivity index (χ1v) is 4.50. The third-order valence-corrected chi connectivity index (χ3v) is 2.04. The Morgan fingerprint density at radius 1 is 1.36 bits per heavy atom. The Hall–Kier alpha value is -0.110. The summed E-state index contributed by atoms with van der Waals surface area (Å²) in [4.78, 5) is 0.